The van der Waals surface area contributed by atoms with Crippen molar-refractivity contribution in [2.45, 2.75) is 25.7 Å². The monoisotopic (exact) mass is 500 g/mol. The molecule has 2 nitrogen and oxygen atoms in total. The zero-order valence-electron chi connectivity index (χ0n) is 17.9. The van der Waals surface area contributed by atoms with Crippen LogP contribution in [0.3, 0.4) is 0 Å². The van der Waals surface area contributed by atoms with Gasteiger partial charge in [0.15, 0.2) is 6.16 Å². The van der Waals surface area contributed by atoms with Crippen molar-refractivity contribution in [3.63, 3.8) is 0 Å². The molecule has 0 spiro atoms. The van der Waals surface area contributed by atoms with E-state index in [0.717, 1.165) is 6.04 Å². The van der Waals surface area contributed by atoms with E-state index in [9.17, 15) is 4.79 Å². The van der Waals surface area contributed by atoms with Crippen molar-refractivity contribution < 1.29 is 26.5 Å². The van der Waals surface area contributed by atoms with E-state index >= 15 is 0 Å². The minimum Gasteiger partial charge on any atom is -1.00 e. The van der Waals surface area contributed by atoms with Gasteiger partial charge in [0.1, 0.15) is 23.2 Å². The van der Waals surface area contributed by atoms with Crippen LogP contribution in [0.1, 0.15) is 0 Å². The first-order valence-corrected chi connectivity index (χ1v) is 15.8. The minimum absolute atomic E-state index is 0. The molecule has 0 radical (unpaired) electrons. The van der Waals surface area contributed by atoms with E-state index in [1.807, 2.05) is 18.2 Å². The number of benzene rings is 3. The highest BCUT2D eigenvalue weighted by Crippen LogP contribution is 2.55. The maximum absolute atomic E-state index is 13.1. The number of rotatable bonds is 8. The summed E-state index contributed by atoms with van der Waals surface area (Å²) in [5, 5.41) is 3.62. The van der Waals surface area contributed by atoms with Crippen molar-refractivity contribution in [1.82, 2.24) is 0 Å². The number of carbonyl (C=O) groups excluding carboxylic acids is 1. The standard InChI is InChI=1S/C25H30O2PSi.BrH/c1-29(2,3)20-19-27-25(26)21-28(22-13-7-4-8-14-22,23-15-9-5-10-16-23)24-17-11-6-12-18-24;/h4-18H,19-21H2,1-3H3;1H/q+1;/p-1. The molecule has 5 heteroatoms. The fraction of sp³-hybridized carbons (Fsp3) is 0.240. The van der Waals surface area contributed by atoms with Crippen molar-refractivity contribution in [3.8, 4) is 0 Å². The number of ether oxygens (including phenoxy) is 1. The summed E-state index contributed by atoms with van der Waals surface area (Å²) in [7, 11) is -3.40. The van der Waals surface area contributed by atoms with Crippen LogP contribution in [0.5, 0.6) is 0 Å². The first kappa shape index (κ1) is 24.5. The summed E-state index contributed by atoms with van der Waals surface area (Å²) in [6, 6.07) is 32.4. The Kier molecular flexibility index (Phi) is 9.03. The number of esters is 1. The summed E-state index contributed by atoms with van der Waals surface area (Å²) < 4.78 is 5.76. The van der Waals surface area contributed by atoms with Gasteiger partial charge < -0.3 is 21.7 Å². The molecule has 0 aromatic heterocycles. The van der Waals surface area contributed by atoms with Gasteiger partial charge >= 0.3 is 5.97 Å². The summed E-state index contributed by atoms with van der Waals surface area (Å²) in [4.78, 5) is 13.1. The van der Waals surface area contributed by atoms with E-state index in [4.69, 9.17) is 4.74 Å². The molecule has 0 N–H and O–H groups in total. The van der Waals surface area contributed by atoms with Crippen LogP contribution in [0.25, 0.3) is 0 Å². The summed E-state index contributed by atoms with van der Waals surface area (Å²) in [6.07, 6.45) is 0.386. The Morgan fingerprint density at radius 3 is 1.43 bits per heavy atom. The zero-order chi connectivity index (χ0) is 20.7. The molecule has 158 valence electrons. The van der Waals surface area contributed by atoms with Crippen molar-refractivity contribution in [2.75, 3.05) is 12.8 Å². The molecule has 0 aliphatic heterocycles. The summed E-state index contributed by atoms with van der Waals surface area (Å²) >= 11 is 0. The van der Waals surface area contributed by atoms with Crippen LogP contribution in [0.4, 0.5) is 0 Å². The molecule has 3 rings (SSSR count). The average Bonchev–Trinajstić information content (AvgIpc) is 2.73. The lowest BCUT2D eigenvalue weighted by Crippen LogP contribution is -3.00. The van der Waals surface area contributed by atoms with E-state index in [1.54, 1.807) is 0 Å². The van der Waals surface area contributed by atoms with Crippen LogP contribution in [-0.4, -0.2) is 26.8 Å². The predicted octanol–water partition coefficient (Wildman–Crippen LogP) is 1.87. The molecule has 3 aromatic carbocycles. The lowest BCUT2D eigenvalue weighted by molar-refractivity contribution is -0.139. The maximum Gasteiger partial charge on any atom is 0.345 e. The van der Waals surface area contributed by atoms with Crippen LogP contribution in [0.15, 0.2) is 91.0 Å². The fourth-order valence-electron chi connectivity index (χ4n) is 3.48. The van der Waals surface area contributed by atoms with Gasteiger partial charge in [0.25, 0.3) is 0 Å². The SMILES string of the molecule is C[Si](C)(C)CCOC(=O)C[P+](c1ccccc1)(c1ccccc1)c1ccccc1.[Br-]. The van der Waals surface area contributed by atoms with Crippen molar-refractivity contribution in [3.05, 3.63) is 91.0 Å². The quantitative estimate of drug-likeness (QED) is 0.268. The van der Waals surface area contributed by atoms with Gasteiger partial charge in [-0.1, -0.05) is 74.2 Å². The molecule has 3 aromatic rings. The molecular weight excluding hydrogens is 471 g/mol. The Hall–Kier alpha value is -1.74. The third kappa shape index (κ3) is 6.13. The highest BCUT2D eigenvalue weighted by Gasteiger charge is 2.47. The first-order valence-electron chi connectivity index (χ1n) is 10.1. The van der Waals surface area contributed by atoms with Crippen LogP contribution >= 0.6 is 7.26 Å². The smallest absolute Gasteiger partial charge is 0.345 e. The normalized spacial score (nSPS) is 11.4. The van der Waals surface area contributed by atoms with Crippen LogP contribution < -0.4 is 32.9 Å². The van der Waals surface area contributed by atoms with Gasteiger partial charge in [0.2, 0.25) is 0 Å². The van der Waals surface area contributed by atoms with E-state index < -0.39 is 15.3 Å². The molecular formula is C25H30BrO2PSi. The second-order valence-electron chi connectivity index (χ2n) is 8.51. The second kappa shape index (κ2) is 11.0. The summed E-state index contributed by atoms with van der Waals surface area (Å²) in [6.45, 7) is 7.43. The molecule has 30 heavy (non-hydrogen) atoms. The first-order chi connectivity index (χ1) is 13.9. The average molecular weight is 501 g/mol. The third-order valence-electron chi connectivity index (χ3n) is 5.07. The molecule has 0 unspecified atom stereocenters. The van der Waals surface area contributed by atoms with Gasteiger partial charge in [-0.3, -0.25) is 0 Å². The van der Waals surface area contributed by atoms with Gasteiger partial charge in [-0.15, -0.1) is 0 Å². The van der Waals surface area contributed by atoms with Crippen LogP contribution in [-0.2, 0) is 9.53 Å². The van der Waals surface area contributed by atoms with Gasteiger partial charge in [-0.05, 0) is 42.4 Å². The summed E-state index contributed by atoms with van der Waals surface area (Å²) in [5.74, 6) is -0.104. The van der Waals surface area contributed by atoms with Gasteiger partial charge in [0.05, 0.1) is 6.61 Å². The van der Waals surface area contributed by atoms with E-state index in [0.29, 0.717) is 12.8 Å². The summed E-state index contributed by atoms with van der Waals surface area (Å²) in [5.41, 5.74) is 0. The lowest BCUT2D eigenvalue weighted by Gasteiger charge is -2.27. The van der Waals surface area contributed by atoms with E-state index in [1.165, 1.54) is 15.9 Å². The predicted molar refractivity (Wildman–Crippen MR) is 129 cm³/mol. The Labute approximate surface area is 192 Å². The Bertz CT molecular complexity index is 815. The molecule has 0 saturated carbocycles. The van der Waals surface area contributed by atoms with Crippen molar-refractivity contribution in [2.24, 2.45) is 0 Å². The Morgan fingerprint density at radius 1 is 0.733 bits per heavy atom. The molecule has 0 fully saturated rings. The highest BCUT2D eigenvalue weighted by atomic mass is 79.9. The van der Waals surface area contributed by atoms with E-state index in [-0.39, 0.29) is 23.0 Å². The van der Waals surface area contributed by atoms with Crippen molar-refractivity contribution >= 4 is 37.2 Å². The number of hydrogen-bond acceptors (Lipinski definition) is 2. The largest absolute Gasteiger partial charge is 1.00 e. The molecule has 0 heterocycles. The number of halogens is 1. The van der Waals surface area contributed by atoms with E-state index in [2.05, 4.69) is 92.4 Å². The fourth-order valence-corrected chi connectivity index (χ4v) is 8.16. The van der Waals surface area contributed by atoms with Crippen molar-refractivity contribution in [1.29, 1.82) is 0 Å². The molecule has 0 saturated heterocycles. The second-order valence-corrected chi connectivity index (χ2v) is 17.6. The molecule has 0 bridgehead atoms. The van der Waals surface area contributed by atoms with Gasteiger partial charge in [0, 0.05) is 8.07 Å². The minimum atomic E-state index is -2.15. The molecule has 0 atom stereocenters. The topological polar surface area (TPSA) is 26.3 Å². The Morgan fingerprint density at radius 2 is 1.10 bits per heavy atom. The zero-order valence-corrected chi connectivity index (χ0v) is 21.4. The van der Waals surface area contributed by atoms with Crippen LogP contribution in [0.2, 0.25) is 25.7 Å². The molecule has 0 aliphatic rings. The van der Waals surface area contributed by atoms with Gasteiger partial charge in [-0.25, -0.2) is 4.79 Å². The third-order valence-corrected chi connectivity index (χ3v) is 11.0. The number of carbonyl (C=O) groups is 1. The highest BCUT2D eigenvalue weighted by molar-refractivity contribution is 7.96. The maximum atomic E-state index is 13.1. The molecule has 0 amide bonds. The number of hydrogen-bond donors (Lipinski definition) is 0. The Balaban J connectivity index is 0.00000320. The van der Waals surface area contributed by atoms with Gasteiger partial charge in [-0.2, -0.15) is 0 Å². The van der Waals surface area contributed by atoms with Crippen LogP contribution in [0, 0.1) is 0 Å². The lowest BCUT2D eigenvalue weighted by atomic mass is 10.4. The molecule has 0 aliphatic carbocycles.